The molecule has 6 rings (SSSR count). The highest BCUT2D eigenvalue weighted by molar-refractivity contribution is 6.15. The van der Waals surface area contributed by atoms with Gasteiger partial charge in [0.2, 0.25) is 5.91 Å². The van der Waals surface area contributed by atoms with E-state index >= 15 is 0 Å². The van der Waals surface area contributed by atoms with Crippen LogP contribution >= 0.6 is 0 Å². The Labute approximate surface area is 183 Å². The van der Waals surface area contributed by atoms with E-state index in [4.69, 9.17) is 9.98 Å². The number of aromatic nitrogens is 3. The summed E-state index contributed by atoms with van der Waals surface area (Å²) in [4.78, 5) is 35.2. The predicted octanol–water partition coefficient (Wildman–Crippen LogP) is 1.31. The highest BCUT2D eigenvalue weighted by atomic mass is 16.2. The summed E-state index contributed by atoms with van der Waals surface area (Å²) < 4.78 is 1.75. The Morgan fingerprint density at radius 3 is 2.94 bits per heavy atom. The van der Waals surface area contributed by atoms with Crippen molar-refractivity contribution in [1.29, 1.82) is 0 Å². The normalized spacial score (nSPS) is 23.1. The lowest BCUT2D eigenvalue weighted by molar-refractivity contribution is -0.124. The van der Waals surface area contributed by atoms with E-state index in [0.717, 1.165) is 31.0 Å². The maximum Gasteiger partial charge on any atom is 0.254 e. The molecule has 2 aromatic rings. The van der Waals surface area contributed by atoms with Gasteiger partial charge in [-0.1, -0.05) is 6.08 Å². The first-order valence-corrected chi connectivity index (χ1v) is 10.8. The number of aliphatic imine (C=N–C) groups is 1. The Morgan fingerprint density at radius 2 is 2.16 bits per heavy atom. The Morgan fingerprint density at radius 1 is 1.25 bits per heavy atom. The van der Waals surface area contributed by atoms with Crippen LogP contribution in [0.15, 0.2) is 47.3 Å². The molecule has 162 valence electrons. The number of fused-ring (bicyclic) bond motifs is 2. The molecule has 1 atom stereocenters. The van der Waals surface area contributed by atoms with Crippen LogP contribution in [0.4, 0.5) is 11.6 Å². The lowest BCUT2D eigenvalue weighted by Gasteiger charge is -2.16. The van der Waals surface area contributed by atoms with E-state index in [1.807, 2.05) is 30.5 Å². The van der Waals surface area contributed by atoms with Gasteiger partial charge in [0, 0.05) is 42.5 Å². The Balaban J connectivity index is 1.29. The number of carbonyl (C=O) groups is 2. The lowest BCUT2D eigenvalue weighted by Crippen LogP contribution is -2.27. The minimum atomic E-state index is -0.361. The van der Waals surface area contributed by atoms with Crippen LogP contribution < -0.4 is 16.0 Å². The van der Waals surface area contributed by atoms with Crippen molar-refractivity contribution in [2.75, 3.05) is 23.7 Å². The van der Waals surface area contributed by atoms with Gasteiger partial charge >= 0.3 is 0 Å². The number of amides is 2. The SMILES string of the molecule is O=C1C/C(=C\c2cnn3c(NC4CC4)cc(NCC4CN5C=CC=CC5=N4)nc23)C(=O)N1. The fraction of sp³-hybridized carbons (Fsp3) is 0.318. The summed E-state index contributed by atoms with van der Waals surface area (Å²) in [5.41, 5.74) is 1.74. The number of anilines is 2. The zero-order valence-electron chi connectivity index (χ0n) is 17.3. The molecule has 2 aromatic heterocycles. The number of allylic oxidation sites excluding steroid dienone is 2. The second-order valence-corrected chi connectivity index (χ2v) is 8.38. The van der Waals surface area contributed by atoms with Gasteiger partial charge in [0.1, 0.15) is 17.5 Å². The molecule has 0 spiro atoms. The van der Waals surface area contributed by atoms with Crippen LogP contribution in [0.5, 0.6) is 0 Å². The molecule has 1 saturated carbocycles. The number of rotatable bonds is 6. The summed E-state index contributed by atoms with van der Waals surface area (Å²) in [7, 11) is 0. The second kappa shape index (κ2) is 7.33. The van der Waals surface area contributed by atoms with Crippen LogP contribution in [0.1, 0.15) is 24.8 Å². The van der Waals surface area contributed by atoms with Crippen molar-refractivity contribution >= 4 is 41.0 Å². The molecule has 0 bridgehead atoms. The number of nitrogens with zero attached hydrogens (tertiary/aromatic N) is 5. The zero-order valence-corrected chi connectivity index (χ0v) is 17.3. The highest BCUT2D eigenvalue weighted by Crippen LogP contribution is 2.28. The van der Waals surface area contributed by atoms with E-state index in [1.54, 1.807) is 16.8 Å². The van der Waals surface area contributed by atoms with Gasteiger partial charge in [-0.3, -0.25) is 19.9 Å². The van der Waals surface area contributed by atoms with E-state index in [2.05, 4.69) is 25.9 Å². The molecule has 1 unspecified atom stereocenters. The molecule has 1 saturated heterocycles. The Kier molecular flexibility index (Phi) is 4.30. The number of nitrogens with one attached hydrogen (secondary N) is 3. The van der Waals surface area contributed by atoms with Crippen LogP contribution in [0.2, 0.25) is 0 Å². The molecule has 2 amide bonds. The monoisotopic (exact) mass is 430 g/mol. The number of hydrogen-bond acceptors (Lipinski definition) is 8. The van der Waals surface area contributed by atoms with E-state index in [9.17, 15) is 9.59 Å². The number of hydrogen-bond donors (Lipinski definition) is 3. The first-order valence-electron chi connectivity index (χ1n) is 10.8. The molecule has 32 heavy (non-hydrogen) atoms. The van der Waals surface area contributed by atoms with Crippen molar-refractivity contribution in [1.82, 2.24) is 24.8 Å². The molecule has 3 aliphatic heterocycles. The molecule has 10 heteroatoms. The van der Waals surface area contributed by atoms with Gasteiger partial charge in [-0.25, -0.2) is 4.98 Å². The van der Waals surface area contributed by atoms with Gasteiger partial charge in [0.05, 0.1) is 18.7 Å². The number of imide groups is 1. The third-order valence-electron chi connectivity index (χ3n) is 5.81. The summed E-state index contributed by atoms with van der Waals surface area (Å²) in [6.07, 6.45) is 13.7. The molecule has 1 aliphatic carbocycles. The van der Waals surface area contributed by atoms with Crippen LogP contribution in [-0.4, -0.2) is 62.3 Å². The van der Waals surface area contributed by atoms with Gasteiger partial charge in [0.25, 0.3) is 5.91 Å². The molecule has 3 N–H and O–H groups in total. The average Bonchev–Trinajstić information content (AvgIpc) is 3.21. The third kappa shape index (κ3) is 3.53. The maximum atomic E-state index is 12.0. The van der Waals surface area contributed by atoms with Crippen LogP contribution in [0.25, 0.3) is 11.7 Å². The van der Waals surface area contributed by atoms with Gasteiger partial charge in [-0.05, 0) is 31.1 Å². The molecule has 0 aromatic carbocycles. The number of amidine groups is 1. The van der Waals surface area contributed by atoms with Crippen LogP contribution in [0, 0.1) is 0 Å². The smallest absolute Gasteiger partial charge is 0.254 e. The Hall–Kier alpha value is -3.95. The van der Waals surface area contributed by atoms with Crippen LogP contribution in [-0.2, 0) is 9.59 Å². The summed E-state index contributed by atoms with van der Waals surface area (Å²) >= 11 is 0. The highest BCUT2D eigenvalue weighted by Gasteiger charge is 2.26. The molecular weight excluding hydrogens is 408 g/mol. The largest absolute Gasteiger partial charge is 0.368 e. The second-order valence-electron chi connectivity index (χ2n) is 8.38. The Bertz CT molecular complexity index is 1250. The van der Waals surface area contributed by atoms with E-state index in [1.165, 1.54) is 0 Å². The predicted molar refractivity (Wildman–Crippen MR) is 120 cm³/mol. The minimum Gasteiger partial charge on any atom is -0.368 e. The van der Waals surface area contributed by atoms with Gasteiger partial charge < -0.3 is 15.5 Å². The molecule has 0 radical (unpaired) electrons. The molecule has 5 heterocycles. The summed E-state index contributed by atoms with van der Waals surface area (Å²) in [5, 5.41) is 13.7. The number of carbonyl (C=O) groups excluding carboxylic acids is 2. The van der Waals surface area contributed by atoms with Crippen molar-refractivity contribution in [3.05, 3.63) is 47.8 Å². The first-order chi connectivity index (χ1) is 15.6. The van der Waals surface area contributed by atoms with Crippen molar-refractivity contribution in [2.45, 2.75) is 31.3 Å². The zero-order chi connectivity index (χ0) is 21.7. The van der Waals surface area contributed by atoms with Crippen molar-refractivity contribution in [2.24, 2.45) is 4.99 Å². The molecule has 4 aliphatic rings. The standard InChI is InChI=1S/C22H22N8O2/c31-20-8-13(22(32)28-20)7-14-10-24-30-19(25-15-4-5-15)9-17(27-21(14)30)23-11-16-12-29-6-2-1-3-18(29)26-16/h1-3,6-7,9-10,15-16,25H,4-5,8,11-12H2,(H,23,27)(H,28,31,32)/b13-7+. The fourth-order valence-electron chi connectivity index (χ4n) is 4.05. The lowest BCUT2D eigenvalue weighted by atomic mass is 10.1. The first kappa shape index (κ1) is 18.8. The van der Waals surface area contributed by atoms with Crippen molar-refractivity contribution < 1.29 is 9.59 Å². The van der Waals surface area contributed by atoms with Crippen LogP contribution in [0.3, 0.4) is 0 Å². The fourth-order valence-corrected chi connectivity index (χ4v) is 4.05. The van der Waals surface area contributed by atoms with Gasteiger partial charge in [0.15, 0.2) is 5.65 Å². The molecule has 2 fully saturated rings. The summed E-state index contributed by atoms with van der Waals surface area (Å²) in [6, 6.07) is 2.51. The minimum absolute atomic E-state index is 0.0721. The summed E-state index contributed by atoms with van der Waals surface area (Å²) in [5.74, 6) is 1.89. The quantitative estimate of drug-likeness (QED) is 0.467. The topological polar surface area (TPSA) is 116 Å². The third-order valence-corrected chi connectivity index (χ3v) is 5.81. The van der Waals surface area contributed by atoms with Crippen molar-refractivity contribution in [3.63, 3.8) is 0 Å². The van der Waals surface area contributed by atoms with E-state index < -0.39 is 0 Å². The van der Waals surface area contributed by atoms with E-state index in [0.29, 0.717) is 35.2 Å². The summed E-state index contributed by atoms with van der Waals surface area (Å²) in [6.45, 7) is 1.47. The van der Waals surface area contributed by atoms with E-state index in [-0.39, 0.29) is 24.3 Å². The average molecular weight is 430 g/mol. The molecule has 10 nitrogen and oxygen atoms in total. The molecular formula is C22H22N8O2. The van der Waals surface area contributed by atoms with Crippen molar-refractivity contribution in [3.8, 4) is 0 Å². The maximum absolute atomic E-state index is 12.0. The van der Waals surface area contributed by atoms with Gasteiger partial charge in [-0.2, -0.15) is 9.61 Å². The van der Waals surface area contributed by atoms with Gasteiger partial charge in [-0.15, -0.1) is 0 Å².